The van der Waals surface area contributed by atoms with Gasteiger partial charge in [-0.05, 0) is 25.0 Å². The van der Waals surface area contributed by atoms with Crippen molar-refractivity contribution in [2.24, 2.45) is 0 Å². The summed E-state index contributed by atoms with van der Waals surface area (Å²) in [5.74, 6) is -0.0413. The number of hydrogen-bond donors (Lipinski definition) is 2. The summed E-state index contributed by atoms with van der Waals surface area (Å²) in [5.41, 5.74) is 0.981. The minimum atomic E-state index is -0.0413. The minimum absolute atomic E-state index is 0.0371. The summed E-state index contributed by atoms with van der Waals surface area (Å²) >= 11 is 0. The Morgan fingerprint density at radius 1 is 1.67 bits per heavy atom. The van der Waals surface area contributed by atoms with Crippen LogP contribution in [0.3, 0.4) is 0 Å². The number of hydrogen-bond acceptors (Lipinski definition) is 3. The molecular weight excluding hydrogens is 192 g/mol. The van der Waals surface area contributed by atoms with Crippen molar-refractivity contribution in [2.45, 2.75) is 25.8 Å². The number of nitrogens with one attached hydrogen (secondary N) is 1. The lowest BCUT2D eigenvalue weighted by atomic mass is 10.1. The summed E-state index contributed by atoms with van der Waals surface area (Å²) in [5, 5.41) is 11.4. The minimum Gasteiger partial charge on any atom is -0.396 e. The maximum absolute atomic E-state index is 11.3. The van der Waals surface area contributed by atoms with Gasteiger partial charge in [0.25, 0.3) is 0 Å². The summed E-state index contributed by atoms with van der Waals surface area (Å²) in [6.07, 6.45) is 4.30. The first-order chi connectivity index (χ1) is 7.24. The van der Waals surface area contributed by atoms with E-state index >= 15 is 0 Å². The molecule has 0 fully saturated rings. The molecule has 1 amide bonds. The highest BCUT2D eigenvalue weighted by Gasteiger charge is 2.08. The highest BCUT2D eigenvalue weighted by molar-refractivity contribution is 5.76. The number of rotatable bonds is 5. The number of amides is 1. The fourth-order valence-electron chi connectivity index (χ4n) is 1.27. The summed E-state index contributed by atoms with van der Waals surface area (Å²) in [6, 6.07) is 3.72. The van der Waals surface area contributed by atoms with Crippen LogP contribution in [-0.2, 0) is 4.79 Å². The molecule has 15 heavy (non-hydrogen) atoms. The van der Waals surface area contributed by atoms with Crippen molar-refractivity contribution in [2.75, 3.05) is 6.61 Å². The van der Waals surface area contributed by atoms with Crippen LogP contribution in [0.15, 0.2) is 24.5 Å². The van der Waals surface area contributed by atoms with Crippen LogP contribution in [0.1, 0.15) is 31.4 Å². The lowest BCUT2D eigenvalue weighted by Gasteiger charge is -2.13. The van der Waals surface area contributed by atoms with Gasteiger partial charge in [0.05, 0.1) is 6.04 Å². The van der Waals surface area contributed by atoms with Gasteiger partial charge in [-0.2, -0.15) is 0 Å². The highest BCUT2D eigenvalue weighted by Crippen LogP contribution is 2.09. The smallest absolute Gasteiger partial charge is 0.220 e. The molecule has 0 radical (unpaired) electrons. The van der Waals surface area contributed by atoms with Crippen molar-refractivity contribution in [3.05, 3.63) is 30.1 Å². The molecule has 0 aromatic carbocycles. The molecule has 1 aromatic rings. The summed E-state index contributed by atoms with van der Waals surface area (Å²) in [7, 11) is 0. The van der Waals surface area contributed by atoms with Crippen LogP contribution < -0.4 is 5.32 Å². The normalized spacial score (nSPS) is 12.1. The van der Waals surface area contributed by atoms with E-state index in [1.54, 1.807) is 12.4 Å². The van der Waals surface area contributed by atoms with E-state index in [0.717, 1.165) is 5.56 Å². The lowest BCUT2D eigenvalue weighted by Crippen LogP contribution is -2.26. The molecule has 1 atom stereocenters. The second-order valence-electron chi connectivity index (χ2n) is 3.40. The van der Waals surface area contributed by atoms with Crippen LogP contribution in [0.4, 0.5) is 0 Å². The predicted octanol–water partition coefficient (Wildman–Crippen LogP) is 1.03. The fraction of sp³-hybridized carbons (Fsp3) is 0.455. The second kappa shape index (κ2) is 6.14. The number of carbonyl (C=O) groups excluding carboxylic acids is 1. The van der Waals surface area contributed by atoms with Crippen molar-refractivity contribution in [3.8, 4) is 0 Å². The first kappa shape index (κ1) is 11.7. The average molecular weight is 208 g/mol. The Kier molecular flexibility index (Phi) is 4.77. The van der Waals surface area contributed by atoms with Gasteiger partial charge < -0.3 is 10.4 Å². The topological polar surface area (TPSA) is 62.2 Å². The zero-order chi connectivity index (χ0) is 11.1. The fourth-order valence-corrected chi connectivity index (χ4v) is 1.27. The summed E-state index contributed by atoms with van der Waals surface area (Å²) < 4.78 is 0. The van der Waals surface area contributed by atoms with E-state index in [4.69, 9.17) is 5.11 Å². The third kappa shape index (κ3) is 4.08. The molecule has 82 valence electrons. The summed E-state index contributed by atoms with van der Waals surface area (Å²) in [4.78, 5) is 15.3. The third-order valence-electron chi connectivity index (χ3n) is 2.12. The first-order valence-electron chi connectivity index (χ1n) is 5.04. The molecule has 0 unspecified atom stereocenters. The quantitative estimate of drug-likeness (QED) is 0.759. The van der Waals surface area contributed by atoms with Crippen molar-refractivity contribution < 1.29 is 9.90 Å². The molecule has 1 rings (SSSR count). The van der Waals surface area contributed by atoms with Crippen LogP contribution in [0.5, 0.6) is 0 Å². The molecule has 0 aliphatic carbocycles. The number of aliphatic hydroxyl groups is 1. The number of nitrogens with zero attached hydrogens (tertiary/aromatic N) is 1. The van der Waals surface area contributed by atoms with Crippen LogP contribution in [0, 0.1) is 0 Å². The molecule has 0 spiro atoms. The Morgan fingerprint density at radius 2 is 2.47 bits per heavy atom. The van der Waals surface area contributed by atoms with Gasteiger partial charge in [-0.1, -0.05) is 6.07 Å². The van der Waals surface area contributed by atoms with Gasteiger partial charge in [-0.15, -0.1) is 0 Å². The number of aliphatic hydroxyl groups excluding tert-OH is 1. The monoisotopic (exact) mass is 208 g/mol. The predicted molar refractivity (Wildman–Crippen MR) is 57.1 cm³/mol. The van der Waals surface area contributed by atoms with E-state index < -0.39 is 0 Å². The molecule has 2 N–H and O–H groups in total. The van der Waals surface area contributed by atoms with E-state index in [1.807, 2.05) is 19.1 Å². The van der Waals surface area contributed by atoms with Crippen molar-refractivity contribution in [1.29, 1.82) is 0 Å². The van der Waals surface area contributed by atoms with Gasteiger partial charge in [-0.3, -0.25) is 9.78 Å². The molecule has 0 saturated heterocycles. The Morgan fingerprint density at radius 3 is 3.07 bits per heavy atom. The van der Waals surface area contributed by atoms with Gasteiger partial charge in [0, 0.05) is 25.4 Å². The molecule has 1 aromatic heterocycles. The van der Waals surface area contributed by atoms with Gasteiger partial charge >= 0.3 is 0 Å². The SMILES string of the molecule is C[C@@H](NC(=O)CCCO)c1cccnc1. The molecule has 4 heteroatoms. The van der Waals surface area contributed by atoms with Gasteiger partial charge in [0.1, 0.15) is 0 Å². The Bertz CT molecular complexity index is 301. The zero-order valence-corrected chi connectivity index (χ0v) is 8.81. The van der Waals surface area contributed by atoms with Crippen LogP contribution in [-0.4, -0.2) is 22.6 Å². The maximum atomic E-state index is 11.3. The molecule has 0 bridgehead atoms. The molecule has 0 saturated carbocycles. The first-order valence-corrected chi connectivity index (χ1v) is 5.04. The molecular formula is C11H16N2O2. The van der Waals surface area contributed by atoms with Gasteiger partial charge in [0.15, 0.2) is 0 Å². The van der Waals surface area contributed by atoms with Crippen molar-refractivity contribution in [1.82, 2.24) is 10.3 Å². The Labute approximate surface area is 89.3 Å². The third-order valence-corrected chi connectivity index (χ3v) is 2.12. The molecule has 0 aliphatic heterocycles. The number of carbonyl (C=O) groups is 1. The van der Waals surface area contributed by atoms with Crippen LogP contribution >= 0.6 is 0 Å². The second-order valence-corrected chi connectivity index (χ2v) is 3.40. The van der Waals surface area contributed by atoms with Gasteiger partial charge in [0.2, 0.25) is 5.91 Å². The largest absolute Gasteiger partial charge is 0.396 e. The Balaban J connectivity index is 2.42. The molecule has 4 nitrogen and oxygen atoms in total. The van der Waals surface area contributed by atoms with E-state index in [1.165, 1.54) is 0 Å². The van der Waals surface area contributed by atoms with Crippen LogP contribution in [0.25, 0.3) is 0 Å². The molecule has 1 heterocycles. The molecule has 0 aliphatic rings. The van der Waals surface area contributed by atoms with Crippen molar-refractivity contribution in [3.63, 3.8) is 0 Å². The Hall–Kier alpha value is -1.42. The van der Waals surface area contributed by atoms with Crippen molar-refractivity contribution >= 4 is 5.91 Å². The van der Waals surface area contributed by atoms with E-state index in [9.17, 15) is 4.79 Å². The van der Waals surface area contributed by atoms with E-state index in [-0.39, 0.29) is 18.6 Å². The number of aromatic nitrogens is 1. The van der Waals surface area contributed by atoms with E-state index in [2.05, 4.69) is 10.3 Å². The lowest BCUT2D eigenvalue weighted by molar-refractivity contribution is -0.122. The zero-order valence-electron chi connectivity index (χ0n) is 8.81. The highest BCUT2D eigenvalue weighted by atomic mass is 16.3. The van der Waals surface area contributed by atoms with E-state index in [0.29, 0.717) is 12.8 Å². The average Bonchev–Trinajstić information content (AvgIpc) is 2.27. The van der Waals surface area contributed by atoms with Gasteiger partial charge in [-0.25, -0.2) is 0 Å². The number of pyridine rings is 1. The summed E-state index contributed by atoms with van der Waals surface area (Å²) in [6.45, 7) is 1.96. The van der Waals surface area contributed by atoms with Crippen LogP contribution in [0.2, 0.25) is 0 Å². The maximum Gasteiger partial charge on any atom is 0.220 e. The standard InChI is InChI=1S/C11H16N2O2/c1-9(10-4-2-6-12-8-10)13-11(15)5-3-7-14/h2,4,6,8-9,14H,3,5,7H2,1H3,(H,13,15)/t9-/m1/s1.